The van der Waals surface area contributed by atoms with Crippen LogP contribution < -0.4 is 5.73 Å². The van der Waals surface area contributed by atoms with E-state index in [4.69, 9.17) is 10.8 Å². The lowest BCUT2D eigenvalue weighted by Gasteiger charge is -2.41. The summed E-state index contributed by atoms with van der Waals surface area (Å²) in [6, 6.07) is -0.996. The van der Waals surface area contributed by atoms with E-state index in [1.807, 2.05) is 0 Å². The molecule has 1 atom stereocenters. The monoisotopic (exact) mass is 235 g/mol. The molecular formula is C11H19F2NO2. The normalized spacial score (nSPS) is 24.1. The van der Waals surface area contributed by atoms with Crippen LogP contribution in [0, 0.1) is 11.3 Å². The Bertz CT molecular complexity index is 269. The molecule has 0 spiro atoms. The Labute approximate surface area is 94.0 Å². The van der Waals surface area contributed by atoms with Crippen LogP contribution in [0.1, 0.15) is 39.5 Å². The van der Waals surface area contributed by atoms with Crippen LogP contribution in [0.2, 0.25) is 0 Å². The van der Waals surface area contributed by atoms with Gasteiger partial charge in [0.2, 0.25) is 5.92 Å². The summed E-state index contributed by atoms with van der Waals surface area (Å²) in [6.07, 6.45) is 0.378. The second-order valence-corrected chi connectivity index (χ2v) is 5.27. The van der Waals surface area contributed by atoms with Crippen molar-refractivity contribution < 1.29 is 18.7 Å². The van der Waals surface area contributed by atoms with Gasteiger partial charge in [-0.2, -0.15) is 0 Å². The summed E-state index contributed by atoms with van der Waals surface area (Å²) in [6.45, 7) is 3.50. The van der Waals surface area contributed by atoms with Crippen LogP contribution in [-0.4, -0.2) is 23.0 Å². The fourth-order valence-electron chi connectivity index (χ4n) is 2.36. The summed E-state index contributed by atoms with van der Waals surface area (Å²) in [7, 11) is 0. The molecule has 3 N–H and O–H groups in total. The Morgan fingerprint density at radius 2 is 1.88 bits per heavy atom. The van der Waals surface area contributed by atoms with Crippen molar-refractivity contribution in [3.8, 4) is 0 Å². The number of carboxylic acids is 1. The van der Waals surface area contributed by atoms with Crippen molar-refractivity contribution in [2.45, 2.75) is 51.5 Å². The fourth-order valence-corrected chi connectivity index (χ4v) is 2.36. The lowest BCUT2D eigenvalue weighted by atomic mass is 9.66. The molecule has 1 rings (SSSR count). The predicted molar refractivity (Wildman–Crippen MR) is 56.3 cm³/mol. The maximum atomic E-state index is 13.0. The van der Waals surface area contributed by atoms with Gasteiger partial charge in [0, 0.05) is 12.8 Å². The summed E-state index contributed by atoms with van der Waals surface area (Å²) >= 11 is 0. The van der Waals surface area contributed by atoms with Gasteiger partial charge >= 0.3 is 5.97 Å². The van der Waals surface area contributed by atoms with E-state index < -0.39 is 23.3 Å². The summed E-state index contributed by atoms with van der Waals surface area (Å²) in [4.78, 5) is 10.8. The lowest BCUT2D eigenvalue weighted by molar-refractivity contribution is -0.143. The van der Waals surface area contributed by atoms with E-state index >= 15 is 0 Å². The van der Waals surface area contributed by atoms with Crippen molar-refractivity contribution in [1.82, 2.24) is 0 Å². The van der Waals surface area contributed by atoms with Crippen LogP contribution in [0.4, 0.5) is 8.78 Å². The highest BCUT2D eigenvalue weighted by Gasteiger charge is 2.44. The zero-order valence-corrected chi connectivity index (χ0v) is 9.67. The lowest BCUT2D eigenvalue weighted by Crippen LogP contribution is -2.49. The van der Waals surface area contributed by atoms with Crippen molar-refractivity contribution >= 4 is 5.97 Å². The topological polar surface area (TPSA) is 63.3 Å². The Morgan fingerprint density at radius 1 is 1.44 bits per heavy atom. The van der Waals surface area contributed by atoms with Gasteiger partial charge in [0.15, 0.2) is 0 Å². The molecule has 0 heterocycles. The smallest absolute Gasteiger partial charge is 0.321 e. The Balaban J connectivity index is 2.68. The fraction of sp³-hybridized carbons (Fsp3) is 0.909. The molecule has 0 bridgehead atoms. The van der Waals surface area contributed by atoms with Gasteiger partial charge in [-0.25, -0.2) is 8.78 Å². The minimum Gasteiger partial charge on any atom is -0.480 e. The van der Waals surface area contributed by atoms with Gasteiger partial charge in [-0.1, -0.05) is 13.8 Å². The van der Waals surface area contributed by atoms with Gasteiger partial charge in [-0.15, -0.1) is 0 Å². The van der Waals surface area contributed by atoms with Crippen molar-refractivity contribution in [1.29, 1.82) is 0 Å². The molecule has 94 valence electrons. The second-order valence-electron chi connectivity index (χ2n) is 5.27. The van der Waals surface area contributed by atoms with E-state index in [1.54, 1.807) is 13.8 Å². The number of hydrogen-bond acceptors (Lipinski definition) is 2. The number of aliphatic carboxylic acids is 1. The summed E-state index contributed by atoms with van der Waals surface area (Å²) < 4.78 is 26.0. The first-order valence-corrected chi connectivity index (χ1v) is 5.53. The molecule has 0 aromatic carbocycles. The highest BCUT2D eigenvalue weighted by atomic mass is 19.3. The molecule has 1 saturated carbocycles. The van der Waals surface area contributed by atoms with Gasteiger partial charge in [-0.05, 0) is 24.2 Å². The van der Waals surface area contributed by atoms with E-state index in [2.05, 4.69) is 0 Å². The first kappa shape index (κ1) is 13.4. The van der Waals surface area contributed by atoms with Crippen LogP contribution in [0.3, 0.4) is 0 Å². The van der Waals surface area contributed by atoms with Crippen LogP contribution >= 0.6 is 0 Å². The number of hydrogen-bond donors (Lipinski definition) is 2. The third-order valence-corrected chi connectivity index (χ3v) is 3.84. The second kappa shape index (κ2) is 4.28. The van der Waals surface area contributed by atoms with Crippen LogP contribution in [-0.2, 0) is 4.79 Å². The molecule has 0 saturated heterocycles. The van der Waals surface area contributed by atoms with Crippen LogP contribution in [0.25, 0.3) is 0 Å². The van der Waals surface area contributed by atoms with E-state index in [9.17, 15) is 13.6 Å². The summed E-state index contributed by atoms with van der Waals surface area (Å²) in [5.74, 6) is -3.69. The summed E-state index contributed by atoms with van der Waals surface area (Å²) in [5.41, 5.74) is 4.97. The van der Waals surface area contributed by atoms with E-state index in [-0.39, 0.29) is 18.8 Å². The van der Waals surface area contributed by atoms with Crippen molar-refractivity contribution in [2.24, 2.45) is 17.1 Å². The minimum atomic E-state index is -2.58. The zero-order chi connectivity index (χ0) is 12.6. The standard InChI is InChI=1S/C11H19F2NO2/c1-10(2,8(14)9(15)16)7-3-5-11(12,13)6-4-7/h7-8H,3-6,14H2,1-2H3,(H,15,16). The zero-order valence-electron chi connectivity index (χ0n) is 9.67. The Hall–Kier alpha value is -0.710. The van der Waals surface area contributed by atoms with Gasteiger partial charge < -0.3 is 10.8 Å². The average molecular weight is 235 g/mol. The molecule has 0 aromatic rings. The van der Waals surface area contributed by atoms with Crippen molar-refractivity contribution in [2.75, 3.05) is 0 Å². The van der Waals surface area contributed by atoms with Gasteiger partial charge in [0.1, 0.15) is 6.04 Å². The molecule has 0 aromatic heterocycles. The third kappa shape index (κ3) is 2.70. The first-order chi connectivity index (χ1) is 7.17. The SMILES string of the molecule is CC(C)(C1CCC(F)(F)CC1)C(N)C(=O)O. The molecule has 16 heavy (non-hydrogen) atoms. The van der Waals surface area contributed by atoms with Crippen LogP contribution in [0.5, 0.6) is 0 Å². The first-order valence-electron chi connectivity index (χ1n) is 5.53. The quantitative estimate of drug-likeness (QED) is 0.788. The molecule has 1 unspecified atom stereocenters. The Morgan fingerprint density at radius 3 is 2.25 bits per heavy atom. The maximum Gasteiger partial charge on any atom is 0.321 e. The molecule has 5 heteroatoms. The van der Waals surface area contributed by atoms with Gasteiger partial charge in [-0.3, -0.25) is 4.79 Å². The maximum absolute atomic E-state index is 13.0. The van der Waals surface area contributed by atoms with E-state index in [0.717, 1.165) is 0 Å². The molecule has 1 fully saturated rings. The van der Waals surface area contributed by atoms with Gasteiger partial charge in [0.25, 0.3) is 0 Å². The number of alkyl halides is 2. The molecular weight excluding hydrogens is 216 g/mol. The molecule has 3 nitrogen and oxygen atoms in total. The highest BCUT2D eigenvalue weighted by Crippen LogP contribution is 2.44. The Kier molecular flexibility index (Phi) is 3.57. The van der Waals surface area contributed by atoms with Gasteiger partial charge in [0.05, 0.1) is 0 Å². The number of carbonyl (C=O) groups is 1. The highest BCUT2D eigenvalue weighted by molar-refractivity contribution is 5.74. The number of nitrogens with two attached hydrogens (primary N) is 1. The van der Waals surface area contributed by atoms with Crippen LogP contribution in [0.15, 0.2) is 0 Å². The largest absolute Gasteiger partial charge is 0.480 e. The average Bonchev–Trinajstić information content (AvgIpc) is 2.15. The minimum absolute atomic E-state index is 0.0433. The number of rotatable bonds is 3. The number of carboxylic acid groups (broad SMARTS) is 1. The van der Waals surface area contributed by atoms with E-state index in [0.29, 0.717) is 12.8 Å². The molecule has 0 aliphatic heterocycles. The van der Waals surface area contributed by atoms with E-state index in [1.165, 1.54) is 0 Å². The summed E-state index contributed by atoms with van der Waals surface area (Å²) in [5, 5.41) is 8.88. The third-order valence-electron chi connectivity index (χ3n) is 3.84. The molecule has 1 aliphatic carbocycles. The molecule has 1 aliphatic rings. The molecule has 0 amide bonds. The molecule has 0 radical (unpaired) electrons. The number of halogens is 2. The van der Waals surface area contributed by atoms with Crippen molar-refractivity contribution in [3.05, 3.63) is 0 Å². The predicted octanol–water partition coefficient (Wildman–Crippen LogP) is 2.25. The van der Waals surface area contributed by atoms with Crippen molar-refractivity contribution in [3.63, 3.8) is 0 Å².